The lowest BCUT2D eigenvalue weighted by Crippen LogP contribution is -2.30. The van der Waals surface area contributed by atoms with Crippen LogP contribution in [-0.2, 0) is 9.53 Å². The maximum Gasteiger partial charge on any atom is 0.325 e. The maximum atomic E-state index is 12.0. The van der Waals surface area contributed by atoms with Crippen molar-refractivity contribution in [2.75, 3.05) is 13.2 Å². The summed E-state index contributed by atoms with van der Waals surface area (Å²) in [6.07, 6.45) is 4.84. The number of esters is 1. The monoisotopic (exact) mass is 379 g/mol. The summed E-state index contributed by atoms with van der Waals surface area (Å²) in [6.45, 7) is 2.25. The number of benzene rings is 1. The van der Waals surface area contributed by atoms with Crippen LogP contribution in [0.3, 0.4) is 0 Å². The van der Waals surface area contributed by atoms with Crippen molar-refractivity contribution in [2.24, 2.45) is 0 Å². The average Bonchev–Trinajstić information content (AvgIpc) is 3.03. The van der Waals surface area contributed by atoms with Crippen LogP contribution in [0.4, 0.5) is 0 Å². The first-order chi connectivity index (χ1) is 11.1. The number of nitrogens with zero attached hydrogens (tertiary/aromatic N) is 2. The summed E-state index contributed by atoms with van der Waals surface area (Å²) < 4.78 is 7.54. The van der Waals surface area contributed by atoms with Crippen molar-refractivity contribution in [1.29, 1.82) is 0 Å². The summed E-state index contributed by atoms with van der Waals surface area (Å²) in [7, 11) is 0. The van der Waals surface area contributed by atoms with E-state index in [2.05, 4.69) is 26.3 Å². The third-order valence-corrected chi connectivity index (χ3v) is 3.62. The molecule has 1 amide bonds. The number of halogens is 1. The van der Waals surface area contributed by atoms with E-state index in [1.807, 2.05) is 31.2 Å². The van der Waals surface area contributed by atoms with E-state index >= 15 is 0 Å². The molecule has 0 atom stereocenters. The number of nitrogens with one attached hydrogen (secondary N) is 1. The SMILES string of the molecule is CCCCOC(=O)CNC(=O)c1cnn(-c2ccc(Br)cc2)c1. The molecule has 0 unspecified atom stereocenters. The number of unbranched alkanes of at least 4 members (excludes halogenated alkanes) is 1. The van der Waals surface area contributed by atoms with E-state index in [0.29, 0.717) is 12.2 Å². The summed E-state index contributed by atoms with van der Waals surface area (Å²) in [5, 5.41) is 6.67. The summed E-state index contributed by atoms with van der Waals surface area (Å²) >= 11 is 3.37. The number of ether oxygens (including phenoxy) is 1. The molecule has 0 bridgehead atoms. The number of rotatable bonds is 7. The first kappa shape index (κ1) is 17.2. The van der Waals surface area contributed by atoms with Gasteiger partial charge in [-0.1, -0.05) is 29.3 Å². The van der Waals surface area contributed by atoms with Crippen LogP contribution < -0.4 is 5.32 Å². The van der Waals surface area contributed by atoms with E-state index < -0.39 is 5.97 Å². The number of carbonyl (C=O) groups excluding carboxylic acids is 2. The minimum absolute atomic E-state index is 0.147. The molecule has 1 heterocycles. The molecule has 0 saturated heterocycles. The topological polar surface area (TPSA) is 73.2 Å². The maximum absolute atomic E-state index is 12.0. The van der Waals surface area contributed by atoms with Crippen LogP contribution in [0.5, 0.6) is 0 Å². The fourth-order valence-corrected chi connectivity index (χ4v) is 2.08. The van der Waals surface area contributed by atoms with E-state index in [0.717, 1.165) is 23.0 Å². The summed E-state index contributed by atoms with van der Waals surface area (Å²) in [4.78, 5) is 23.4. The van der Waals surface area contributed by atoms with Crippen LogP contribution in [0.2, 0.25) is 0 Å². The Morgan fingerprint density at radius 1 is 1.30 bits per heavy atom. The van der Waals surface area contributed by atoms with Gasteiger partial charge in [0.25, 0.3) is 5.91 Å². The van der Waals surface area contributed by atoms with Gasteiger partial charge in [-0.25, -0.2) is 4.68 Å². The Morgan fingerprint density at radius 3 is 2.74 bits per heavy atom. The first-order valence-electron chi connectivity index (χ1n) is 7.34. The Labute approximate surface area is 143 Å². The summed E-state index contributed by atoms with van der Waals surface area (Å²) in [5.74, 6) is -0.798. The molecule has 1 N–H and O–H groups in total. The molecule has 7 heteroatoms. The Hall–Kier alpha value is -2.15. The second-order valence-electron chi connectivity index (χ2n) is 4.91. The van der Waals surface area contributed by atoms with Crippen LogP contribution in [-0.4, -0.2) is 34.8 Å². The molecule has 0 radical (unpaired) electrons. The van der Waals surface area contributed by atoms with Gasteiger partial charge in [0.15, 0.2) is 0 Å². The second kappa shape index (κ2) is 8.47. The second-order valence-corrected chi connectivity index (χ2v) is 5.82. The third kappa shape index (κ3) is 5.21. The number of aromatic nitrogens is 2. The van der Waals surface area contributed by atoms with Crippen LogP contribution in [0, 0.1) is 0 Å². The van der Waals surface area contributed by atoms with Crippen LogP contribution in [0.15, 0.2) is 41.1 Å². The van der Waals surface area contributed by atoms with Crippen molar-refractivity contribution in [1.82, 2.24) is 15.1 Å². The molecule has 0 aliphatic rings. The van der Waals surface area contributed by atoms with Crippen molar-refractivity contribution >= 4 is 27.8 Å². The van der Waals surface area contributed by atoms with Gasteiger partial charge in [-0.05, 0) is 30.7 Å². The molecule has 0 spiro atoms. The smallest absolute Gasteiger partial charge is 0.325 e. The highest BCUT2D eigenvalue weighted by atomic mass is 79.9. The predicted octanol–water partition coefficient (Wildman–Crippen LogP) is 2.71. The molecular weight excluding hydrogens is 362 g/mol. The van der Waals surface area contributed by atoms with Crippen molar-refractivity contribution in [3.05, 3.63) is 46.7 Å². The molecule has 2 aromatic rings. The number of hydrogen-bond acceptors (Lipinski definition) is 4. The average molecular weight is 380 g/mol. The number of amides is 1. The molecule has 2 rings (SSSR count). The van der Waals surface area contributed by atoms with Gasteiger partial charge in [0, 0.05) is 10.7 Å². The summed E-state index contributed by atoms with van der Waals surface area (Å²) in [6, 6.07) is 7.54. The number of carbonyl (C=O) groups is 2. The molecule has 23 heavy (non-hydrogen) atoms. The normalized spacial score (nSPS) is 10.3. The lowest BCUT2D eigenvalue weighted by atomic mass is 10.3. The highest BCUT2D eigenvalue weighted by molar-refractivity contribution is 9.10. The third-order valence-electron chi connectivity index (χ3n) is 3.09. The van der Waals surface area contributed by atoms with Gasteiger partial charge in [-0.3, -0.25) is 9.59 Å². The molecule has 0 aliphatic carbocycles. The minimum Gasteiger partial charge on any atom is -0.464 e. The van der Waals surface area contributed by atoms with Crippen molar-refractivity contribution in [3.63, 3.8) is 0 Å². The fourth-order valence-electron chi connectivity index (χ4n) is 1.81. The molecule has 6 nitrogen and oxygen atoms in total. The van der Waals surface area contributed by atoms with Gasteiger partial charge in [0.1, 0.15) is 6.54 Å². The van der Waals surface area contributed by atoms with Crippen molar-refractivity contribution < 1.29 is 14.3 Å². The Balaban J connectivity index is 1.88. The van der Waals surface area contributed by atoms with E-state index in [9.17, 15) is 9.59 Å². The number of hydrogen-bond donors (Lipinski definition) is 1. The lowest BCUT2D eigenvalue weighted by Gasteiger charge is -2.05. The van der Waals surface area contributed by atoms with Crippen LogP contribution in [0.1, 0.15) is 30.1 Å². The molecule has 122 valence electrons. The fraction of sp³-hybridized carbons (Fsp3) is 0.312. The highest BCUT2D eigenvalue weighted by Crippen LogP contribution is 2.14. The van der Waals surface area contributed by atoms with E-state index in [1.165, 1.54) is 6.20 Å². The zero-order valence-electron chi connectivity index (χ0n) is 12.8. The Kier molecular flexibility index (Phi) is 6.34. The minimum atomic E-state index is -0.438. The zero-order chi connectivity index (χ0) is 16.7. The quantitative estimate of drug-likeness (QED) is 0.592. The molecule has 1 aromatic heterocycles. The van der Waals surface area contributed by atoms with Gasteiger partial charge in [0.2, 0.25) is 0 Å². The zero-order valence-corrected chi connectivity index (χ0v) is 14.4. The van der Waals surface area contributed by atoms with Gasteiger partial charge >= 0.3 is 5.97 Å². The lowest BCUT2D eigenvalue weighted by molar-refractivity contribution is -0.142. The van der Waals surface area contributed by atoms with Crippen LogP contribution >= 0.6 is 15.9 Å². The van der Waals surface area contributed by atoms with Gasteiger partial charge in [-0.2, -0.15) is 5.10 Å². The van der Waals surface area contributed by atoms with Crippen molar-refractivity contribution in [2.45, 2.75) is 19.8 Å². The largest absolute Gasteiger partial charge is 0.464 e. The molecule has 0 fully saturated rings. The Bertz CT molecular complexity index is 667. The highest BCUT2D eigenvalue weighted by Gasteiger charge is 2.11. The van der Waals surface area contributed by atoms with Crippen LogP contribution in [0.25, 0.3) is 5.69 Å². The van der Waals surface area contributed by atoms with Crippen molar-refractivity contribution in [3.8, 4) is 5.69 Å². The predicted molar refractivity (Wildman–Crippen MR) is 89.5 cm³/mol. The van der Waals surface area contributed by atoms with Gasteiger partial charge < -0.3 is 10.1 Å². The standard InChI is InChI=1S/C16H18BrN3O3/c1-2-3-8-23-15(21)10-18-16(22)12-9-19-20(11-12)14-6-4-13(17)5-7-14/h4-7,9,11H,2-3,8,10H2,1H3,(H,18,22). The van der Waals surface area contributed by atoms with E-state index in [4.69, 9.17) is 4.74 Å². The first-order valence-corrected chi connectivity index (χ1v) is 8.14. The molecule has 0 saturated carbocycles. The van der Waals surface area contributed by atoms with E-state index in [1.54, 1.807) is 10.9 Å². The molecule has 0 aliphatic heterocycles. The van der Waals surface area contributed by atoms with Gasteiger partial charge in [-0.15, -0.1) is 0 Å². The summed E-state index contributed by atoms with van der Waals surface area (Å²) in [5.41, 5.74) is 1.22. The Morgan fingerprint density at radius 2 is 2.04 bits per heavy atom. The molecule has 1 aromatic carbocycles. The van der Waals surface area contributed by atoms with Gasteiger partial charge in [0.05, 0.1) is 24.1 Å². The molecular formula is C16H18BrN3O3. The van der Waals surface area contributed by atoms with E-state index in [-0.39, 0.29) is 12.5 Å².